The molecule has 0 radical (unpaired) electrons. The molecule has 0 saturated heterocycles. The third-order valence-corrected chi connectivity index (χ3v) is 4.91. The number of rotatable bonds is 5. The minimum absolute atomic E-state index is 0.0260. The summed E-state index contributed by atoms with van der Waals surface area (Å²) in [6.45, 7) is 4.66. The van der Waals surface area contributed by atoms with Gasteiger partial charge in [0.05, 0.1) is 7.11 Å². The van der Waals surface area contributed by atoms with Gasteiger partial charge < -0.3 is 14.6 Å². The normalized spacial score (nSPS) is 20.3. The highest BCUT2D eigenvalue weighted by Crippen LogP contribution is 2.38. The van der Waals surface area contributed by atoms with Crippen LogP contribution in [-0.2, 0) is 21.7 Å². The number of hydrogen-bond donors (Lipinski definition) is 2. The van der Waals surface area contributed by atoms with Crippen LogP contribution in [0.25, 0.3) is 0 Å². The molecular formula is C21H25NO4. The maximum Gasteiger partial charge on any atom is 0.341 e. The van der Waals surface area contributed by atoms with Crippen LogP contribution < -0.4 is 10.1 Å². The van der Waals surface area contributed by atoms with Crippen molar-refractivity contribution in [3.8, 4) is 5.75 Å². The van der Waals surface area contributed by atoms with Crippen LogP contribution in [-0.4, -0.2) is 24.7 Å². The fraction of sp³-hybridized carbons (Fsp3) is 0.381. The molecular weight excluding hydrogens is 330 g/mol. The summed E-state index contributed by atoms with van der Waals surface area (Å²) >= 11 is 0. The third kappa shape index (κ3) is 3.32. The standard InChI is InChI=1S/C21H25NO4/c1-14(2)21(26-20(24)19(23)15-7-5-4-6-8-15)18-10-9-17(25-3)13-16(18)11-12-22-21/h4-10,13-14,19,22-23H,11-12H2,1-3H3. The van der Waals surface area contributed by atoms with Crippen molar-refractivity contribution in [2.75, 3.05) is 13.7 Å². The number of esters is 1. The Bertz CT molecular complexity index is 775. The summed E-state index contributed by atoms with van der Waals surface area (Å²) in [6, 6.07) is 14.6. The third-order valence-electron chi connectivity index (χ3n) is 4.91. The van der Waals surface area contributed by atoms with E-state index in [9.17, 15) is 9.90 Å². The first kappa shape index (κ1) is 18.4. The van der Waals surface area contributed by atoms with Gasteiger partial charge in [-0.3, -0.25) is 5.32 Å². The van der Waals surface area contributed by atoms with E-state index in [1.807, 2.05) is 38.1 Å². The summed E-state index contributed by atoms with van der Waals surface area (Å²) in [4.78, 5) is 12.7. The molecule has 26 heavy (non-hydrogen) atoms. The molecule has 0 aromatic heterocycles. The molecule has 0 spiro atoms. The zero-order valence-corrected chi connectivity index (χ0v) is 15.4. The topological polar surface area (TPSA) is 67.8 Å². The summed E-state index contributed by atoms with van der Waals surface area (Å²) in [5.41, 5.74) is 1.53. The predicted molar refractivity (Wildman–Crippen MR) is 98.7 cm³/mol. The lowest BCUT2D eigenvalue weighted by Crippen LogP contribution is -2.54. The molecule has 5 heteroatoms. The number of benzene rings is 2. The lowest BCUT2D eigenvalue weighted by molar-refractivity contribution is -0.184. The van der Waals surface area contributed by atoms with Gasteiger partial charge in [0, 0.05) is 18.0 Å². The lowest BCUT2D eigenvalue weighted by Gasteiger charge is -2.42. The molecule has 0 bridgehead atoms. The summed E-state index contributed by atoms with van der Waals surface area (Å²) in [5.74, 6) is 0.0851. The monoisotopic (exact) mass is 355 g/mol. The highest BCUT2D eigenvalue weighted by atomic mass is 16.6. The highest BCUT2D eigenvalue weighted by Gasteiger charge is 2.44. The number of nitrogens with one attached hydrogen (secondary N) is 1. The zero-order chi connectivity index (χ0) is 18.7. The maximum atomic E-state index is 12.7. The molecule has 1 aliphatic heterocycles. The average molecular weight is 355 g/mol. The fourth-order valence-corrected chi connectivity index (χ4v) is 3.45. The first-order valence-corrected chi connectivity index (χ1v) is 8.86. The predicted octanol–water partition coefficient (Wildman–Crippen LogP) is 2.93. The van der Waals surface area contributed by atoms with Crippen LogP contribution in [0.5, 0.6) is 5.75 Å². The molecule has 0 fully saturated rings. The van der Waals surface area contributed by atoms with Gasteiger partial charge in [-0.1, -0.05) is 44.2 Å². The molecule has 2 aromatic carbocycles. The SMILES string of the molecule is COc1ccc2c(c1)CCNC2(OC(=O)C(O)c1ccccc1)C(C)C. The maximum absolute atomic E-state index is 12.7. The van der Waals surface area contributed by atoms with Crippen molar-refractivity contribution in [2.45, 2.75) is 32.1 Å². The van der Waals surface area contributed by atoms with Crippen LogP contribution in [0.15, 0.2) is 48.5 Å². The molecule has 2 aromatic rings. The van der Waals surface area contributed by atoms with Gasteiger partial charge in [0.25, 0.3) is 0 Å². The van der Waals surface area contributed by atoms with E-state index in [4.69, 9.17) is 9.47 Å². The average Bonchev–Trinajstić information content (AvgIpc) is 2.67. The summed E-state index contributed by atoms with van der Waals surface area (Å²) < 4.78 is 11.2. The quantitative estimate of drug-likeness (QED) is 0.807. The van der Waals surface area contributed by atoms with Crippen LogP contribution in [0.3, 0.4) is 0 Å². The Kier molecular flexibility index (Phi) is 5.30. The molecule has 2 unspecified atom stereocenters. The number of fused-ring (bicyclic) bond motifs is 1. The second kappa shape index (κ2) is 7.48. The van der Waals surface area contributed by atoms with Gasteiger partial charge in [0.1, 0.15) is 5.75 Å². The Morgan fingerprint density at radius 1 is 1.19 bits per heavy atom. The second-order valence-corrected chi connectivity index (χ2v) is 6.82. The van der Waals surface area contributed by atoms with Crippen LogP contribution in [0.4, 0.5) is 0 Å². The molecule has 138 valence electrons. The number of aliphatic hydroxyl groups is 1. The Balaban J connectivity index is 1.94. The van der Waals surface area contributed by atoms with E-state index in [2.05, 4.69) is 5.32 Å². The number of ether oxygens (including phenoxy) is 2. The van der Waals surface area contributed by atoms with Gasteiger partial charge in [-0.25, -0.2) is 4.79 Å². The Labute approximate surface area is 153 Å². The number of carbonyl (C=O) groups excluding carboxylic acids is 1. The lowest BCUT2D eigenvalue weighted by atomic mass is 9.83. The molecule has 2 N–H and O–H groups in total. The smallest absolute Gasteiger partial charge is 0.341 e. The van der Waals surface area contributed by atoms with Crippen molar-refractivity contribution in [1.29, 1.82) is 0 Å². The van der Waals surface area contributed by atoms with Crippen molar-refractivity contribution < 1.29 is 19.4 Å². The van der Waals surface area contributed by atoms with Gasteiger partial charge in [-0.05, 0) is 35.7 Å². The number of aliphatic hydroxyl groups excluding tert-OH is 1. The number of methoxy groups -OCH3 is 1. The van der Waals surface area contributed by atoms with Crippen molar-refractivity contribution in [3.05, 3.63) is 65.2 Å². The van der Waals surface area contributed by atoms with E-state index in [0.717, 1.165) is 23.3 Å². The van der Waals surface area contributed by atoms with E-state index >= 15 is 0 Å². The van der Waals surface area contributed by atoms with E-state index in [1.165, 1.54) is 0 Å². The van der Waals surface area contributed by atoms with Crippen LogP contribution in [0.1, 0.15) is 36.6 Å². The summed E-state index contributed by atoms with van der Waals surface area (Å²) in [6.07, 6.45) is -0.503. The van der Waals surface area contributed by atoms with Crippen molar-refractivity contribution in [1.82, 2.24) is 5.32 Å². The van der Waals surface area contributed by atoms with Crippen molar-refractivity contribution in [3.63, 3.8) is 0 Å². The fourth-order valence-electron chi connectivity index (χ4n) is 3.45. The molecule has 0 saturated carbocycles. The van der Waals surface area contributed by atoms with Gasteiger partial charge in [-0.2, -0.15) is 0 Å². The van der Waals surface area contributed by atoms with Crippen LogP contribution in [0, 0.1) is 5.92 Å². The molecule has 0 amide bonds. The molecule has 5 nitrogen and oxygen atoms in total. The van der Waals surface area contributed by atoms with Gasteiger partial charge in [0.15, 0.2) is 11.8 Å². The Morgan fingerprint density at radius 3 is 2.58 bits per heavy atom. The Hall–Kier alpha value is -2.37. The zero-order valence-electron chi connectivity index (χ0n) is 15.4. The summed E-state index contributed by atoms with van der Waals surface area (Å²) in [7, 11) is 1.63. The van der Waals surface area contributed by atoms with Crippen LogP contribution >= 0.6 is 0 Å². The van der Waals surface area contributed by atoms with Gasteiger partial charge >= 0.3 is 5.97 Å². The van der Waals surface area contributed by atoms with E-state index in [0.29, 0.717) is 12.1 Å². The van der Waals surface area contributed by atoms with Crippen LogP contribution in [0.2, 0.25) is 0 Å². The van der Waals surface area contributed by atoms with E-state index in [-0.39, 0.29) is 5.92 Å². The number of hydrogen-bond acceptors (Lipinski definition) is 5. The number of carbonyl (C=O) groups is 1. The molecule has 2 atom stereocenters. The second-order valence-electron chi connectivity index (χ2n) is 6.82. The minimum atomic E-state index is -1.32. The van der Waals surface area contributed by atoms with E-state index < -0.39 is 17.8 Å². The van der Waals surface area contributed by atoms with Crippen molar-refractivity contribution >= 4 is 5.97 Å². The largest absolute Gasteiger partial charge is 0.497 e. The highest BCUT2D eigenvalue weighted by molar-refractivity contribution is 5.77. The van der Waals surface area contributed by atoms with Gasteiger partial charge in [-0.15, -0.1) is 0 Å². The van der Waals surface area contributed by atoms with Gasteiger partial charge in [0.2, 0.25) is 0 Å². The van der Waals surface area contributed by atoms with E-state index in [1.54, 1.807) is 31.4 Å². The molecule has 3 rings (SSSR count). The first-order chi connectivity index (χ1) is 12.5. The first-order valence-electron chi connectivity index (χ1n) is 8.86. The molecule has 0 aliphatic carbocycles. The summed E-state index contributed by atoms with van der Waals surface area (Å²) in [5, 5.41) is 13.8. The molecule has 1 heterocycles. The molecule has 1 aliphatic rings. The van der Waals surface area contributed by atoms with Crippen molar-refractivity contribution in [2.24, 2.45) is 5.92 Å². The Morgan fingerprint density at radius 2 is 1.92 bits per heavy atom. The minimum Gasteiger partial charge on any atom is -0.497 e.